The van der Waals surface area contributed by atoms with Crippen LogP contribution >= 0.6 is 0 Å². The summed E-state index contributed by atoms with van der Waals surface area (Å²) in [5.41, 5.74) is 5.67. The average Bonchev–Trinajstić information content (AvgIpc) is 2.39. The molecule has 0 aromatic carbocycles. The van der Waals surface area contributed by atoms with Gasteiger partial charge in [-0.05, 0) is 0 Å². The Morgan fingerprint density at radius 1 is 1.39 bits per heavy atom. The zero-order valence-electron chi connectivity index (χ0n) is 9.87. The van der Waals surface area contributed by atoms with Gasteiger partial charge in [0.05, 0.1) is 5.56 Å². The summed E-state index contributed by atoms with van der Waals surface area (Å²) in [7, 11) is 0. The largest absolute Gasteiger partial charge is 0.388 e. The Morgan fingerprint density at radius 3 is 2.67 bits per heavy atom. The molecule has 0 saturated heterocycles. The minimum atomic E-state index is -0.413. The molecule has 94 valence electrons. The first-order valence-electron chi connectivity index (χ1n) is 5.65. The molecule has 0 spiro atoms. The van der Waals surface area contributed by atoms with Crippen molar-refractivity contribution in [2.24, 2.45) is 5.73 Å². The fourth-order valence-corrected chi connectivity index (χ4v) is 1.71. The predicted octanol–water partition coefficient (Wildman–Crippen LogP) is -1.02. The molecule has 1 aliphatic heterocycles. The Balaban J connectivity index is 2.09. The third-order valence-electron chi connectivity index (χ3n) is 2.61. The number of pyridine rings is 1. The van der Waals surface area contributed by atoms with E-state index in [2.05, 4.69) is 5.32 Å². The van der Waals surface area contributed by atoms with Gasteiger partial charge in [-0.25, -0.2) is 0 Å². The second-order valence-corrected chi connectivity index (χ2v) is 3.99. The molecule has 2 heterocycles. The molecule has 1 aliphatic rings. The fraction of sp³-hybridized carbons (Fsp3) is 0.250. The van der Waals surface area contributed by atoms with Crippen LogP contribution in [0.3, 0.4) is 0 Å². The highest BCUT2D eigenvalue weighted by Gasteiger charge is 2.16. The molecule has 18 heavy (non-hydrogen) atoms. The number of nitrogens with one attached hydrogen (secondary N) is 1. The predicted molar refractivity (Wildman–Crippen MR) is 64.0 cm³/mol. The summed E-state index contributed by atoms with van der Waals surface area (Å²) in [6.07, 6.45) is 6.81. The van der Waals surface area contributed by atoms with Crippen LogP contribution in [-0.2, 0) is 11.3 Å². The molecule has 0 aliphatic carbocycles. The monoisotopic (exact) mass is 247 g/mol. The lowest BCUT2D eigenvalue weighted by molar-refractivity contribution is -0.684. The molecule has 1 aromatic heterocycles. The second-order valence-electron chi connectivity index (χ2n) is 3.99. The third kappa shape index (κ3) is 2.85. The van der Waals surface area contributed by atoms with Gasteiger partial charge in [0, 0.05) is 37.6 Å². The molecule has 0 atom stereocenters. The molecule has 1 aromatic rings. The van der Waals surface area contributed by atoms with Crippen LogP contribution < -0.4 is 15.6 Å². The average molecular weight is 247 g/mol. The molecule has 0 fully saturated rings. The fourth-order valence-electron chi connectivity index (χ4n) is 1.71. The molecule has 0 radical (unpaired) electrons. The number of rotatable bonds is 3. The number of aromatic nitrogens is 1. The number of nitrogens with two attached hydrogens (primary N) is 1. The minimum absolute atomic E-state index is 0.0565. The SMILES string of the molecule is NC(=O)C[n+]1ccc(C(=O)N2C=CNCC2)cc1. The molecule has 0 bridgehead atoms. The highest BCUT2D eigenvalue weighted by atomic mass is 16.2. The van der Waals surface area contributed by atoms with Crippen LogP contribution in [-0.4, -0.2) is 29.8 Å². The van der Waals surface area contributed by atoms with Gasteiger partial charge in [0.1, 0.15) is 0 Å². The third-order valence-corrected chi connectivity index (χ3v) is 2.61. The smallest absolute Gasteiger partial charge is 0.283 e. The molecular formula is C12H15N4O2+. The van der Waals surface area contributed by atoms with Crippen LogP contribution in [0.15, 0.2) is 36.9 Å². The molecule has 2 rings (SSSR count). The van der Waals surface area contributed by atoms with Crippen LogP contribution in [0.5, 0.6) is 0 Å². The summed E-state index contributed by atoms with van der Waals surface area (Å²) in [4.78, 5) is 24.5. The number of hydrogen-bond donors (Lipinski definition) is 2. The topological polar surface area (TPSA) is 79.3 Å². The number of primary amides is 1. The molecule has 6 nitrogen and oxygen atoms in total. The quantitative estimate of drug-likeness (QED) is 0.671. The number of hydrogen-bond acceptors (Lipinski definition) is 3. The van der Waals surface area contributed by atoms with Gasteiger partial charge in [-0.15, -0.1) is 0 Å². The Morgan fingerprint density at radius 2 is 2.11 bits per heavy atom. The van der Waals surface area contributed by atoms with E-state index in [9.17, 15) is 9.59 Å². The van der Waals surface area contributed by atoms with E-state index in [1.165, 1.54) is 0 Å². The van der Waals surface area contributed by atoms with Crippen molar-refractivity contribution >= 4 is 11.8 Å². The van der Waals surface area contributed by atoms with E-state index in [0.29, 0.717) is 12.1 Å². The Labute approximate surface area is 105 Å². The number of nitrogens with zero attached hydrogens (tertiary/aromatic N) is 2. The lowest BCUT2D eigenvalue weighted by Gasteiger charge is -2.21. The van der Waals surface area contributed by atoms with E-state index in [1.54, 1.807) is 46.4 Å². The Bertz CT molecular complexity index is 481. The Kier molecular flexibility index (Phi) is 3.57. The van der Waals surface area contributed by atoms with Crippen molar-refractivity contribution in [1.82, 2.24) is 10.2 Å². The van der Waals surface area contributed by atoms with Crippen LogP contribution in [0.25, 0.3) is 0 Å². The van der Waals surface area contributed by atoms with Crippen LogP contribution in [0, 0.1) is 0 Å². The zero-order valence-corrected chi connectivity index (χ0v) is 9.87. The summed E-state index contributed by atoms with van der Waals surface area (Å²) in [6.45, 7) is 1.50. The van der Waals surface area contributed by atoms with Crippen molar-refractivity contribution < 1.29 is 14.2 Å². The number of amides is 2. The maximum atomic E-state index is 12.1. The van der Waals surface area contributed by atoms with Gasteiger partial charge in [0.2, 0.25) is 6.54 Å². The highest BCUT2D eigenvalue weighted by molar-refractivity contribution is 5.94. The standard InChI is InChI=1S/C12H14N4O2/c13-11(17)9-15-5-1-10(2-6-15)12(18)16-7-3-14-4-8-16/h1-3,5-7,14H,4,8-9H2,(H-,13,17)/p+1. The second kappa shape index (κ2) is 5.31. The summed E-state index contributed by atoms with van der Waals surface area (Å²) >= 11 is 0. The molecule has 0 unspecified atom stereocenters. The maximum Gasteiger partial charge on any atom is 0.283 e. The van der Waals surface area contributed by atoms with E-state index in [4.69, 9.17) is 5.73 Å². The first-order valence-corrected chi connectivity index (χ1v) is 5.65. The lowest BCUT2D eigenvalue weighted by atomic mass is 10.2. The molecule has 2 amide bonds. The number of carbonyl (C=O) groups excluding carboxylic acids is 2. The summed E-state index contributed by atoms with van der Waals surface area (Å²) in [5.74, 6) is -0.469. The van der Waals surface area contributed by atoms with Gasteiger partial charge in [-0.2, -0.15) is 4.57 Å². The zero-order chi connectivity index (χ0) is 13.0. The van der Waals surface area contributed by atoms with E-state index < -0.39 is 5.91 Å². The van der Waals surface area contributed by atoms with Crippen molar-refractivity contribution in [1.29, 1.82) is 0 Å². The molecular weight excluding hydrogens is 232 g/mol. The minimum Gasteiger partial charge on any atom is -0.388 e. The normalized spacial score (nSPS) is 14.1. The van der Waals surface area contributed by atoms with Crippen molar-refractivity contribution in [3.05, 3.63) is 42.5 Å². The van der Waals surface area contributed by atoms with Crippen molar-refractivity contribution in [3.63, 3.8) is 0 Å². The Hall–Kier alpha value is -2.37. The molecule has 6 heteroatoms. The van der Waals surface area contributed by atoms with E-state index >= 15 is 0 Å². The lowest BCUT2D eigenvalue weighted by Crippen LogP contribution is -2.41. The van der Waals surface area contributed by atoms with Gasteiger partial charge in [0.25, 0.3) is 11.8 Å². The van der Waals surface area contributed by atoms with Crippen LogP contribution in [0.1, 0.15) is 10.4 Å². The highest BCUT2D eigenvalue weighted by Crippen LogP contribution is 2.04. The van der Waals surface area contributed by atoms with Crippen LogP contribution in [0.2, 0.25) is 0 Å². The molecule has 3 N–H and O–H groups in total. The maximum absolute atomic E-state index is 12.1. The van der Waals surface area contributed by atoms with E-state index in [-0.39, 0.29) is 12.5 Å². The van der Waals surface area contributed by atoms with E-state index in [0.717, 1.165) is 6.54 Å². The number of carbonyl (C=O) groups is 2. The van der Waals surface area contributed by atoms with Gasteiger partial charge in [-0.3, -0.25) is 9.59 Å². The summed E-state index contributed by atoms with van der Waals surface area (Å²) in [5, 5.41) is 3.02. The van der Waals surface area contributed by atoms with Crippen molar-refractivity contribution in [2.75, 3.05) is 13.1 Å². The summed E-state index contributed by atoms with van der Waals surface area (Å²) in [6, 6.07) is 3.36. The van der Waals surface area contributed by atoms with Crippen LogP contribution in [0.4, 0.5) is 0 Å². The van der Waals surface area contributed by atoms with Gasteiger partial charge < -0.3 is 16.0 Å². The first kappa shape index (κ1) is 12.1. The van der Waals surface area contributed by atoms with E-state index in [1.807, 2.05) is 0 Å². The van der Waals surface area contributed by atoms with Crippen molar-refractivity contribution in [3.8, 4) is 0 Å². The van der Waals surface area contributed by atoms with Gasteiger partial charge in [0.15, 0.2) is 12.4 Å². The van der Waals surface area contributed by atoms with Gasteiger partial charge in [-0.1, -0.05) is 0 Å². The van der Waals surface area contributed by atoms with Gasteiger partial charge >= 0.3 is 0 Å². The first-order chi connectivity index (χ1) is 8.66. The summed E-state index contributed by atoms with van der Waals surface area (Å²) < 4.78 is 1.63. The molecule has 0 saturated carbocycles. The van der Waals surface area contributed by atoms with Crippen molar-refractivity contribution in [2.45, 2.75) is 6.54 Å².